The highest BCUT2D eigenvalue weighted by Gasteiger charge is 2.29. The van der Waals surface area contributed by atoms with Crippen LogP contribution in [-0.2, 0) is 4.74 Å². The Morgan fingerprint density at radius 3 is 2.28 bits per heavy atom. The summed E-state index contributed by atoms with van der Waals surface area (Å²) in [4.78, 5) is 27.0. The fourth-order valence-corrected chi connectivity index (χ4v) is 3.93. The molecular formula is C27H32N2O3. The number of hydrogen-bond donors (Lipinski definition) is 1. The van der Waals surface area contributed by atoms with Gasteiger partial charge in [0, 0.05) is 24.2 Å². The Balaban J connectivity index is 1.64. The van der Waals surface area contributed by atoms with Gasteiger partial charge in [-0.1, -0.05) is 36.3 Å². The number of ether oxygens (including phenoxy) is 1. The minimum Gasteiger partial charge on any atom is -0.444 e. The van der Waals surface area contributed by atoms with Gasteiger partial charge in [-0.15, -0.1) is 6.42 Å². The summed E-state index contributed by atoms with van der Waals surface area (Å²) < 4.78 is 5.50. The molecule has 0 radical (unpaired) electrons. The number of piperidine rings is 1. The zero-order chi connectivity index (χ0) is 23.1. The van der Waals surface area contributed by atoms with Crippen molar-refractivity contribution in [2.45, 2.75) is 51.7 Å². The zero-order valence-corrected chi connectivity index (χ0v) is 19.1. The molecule has 0 bridgehead atoms. The predicted octanol–water partition coefficient (Wildman–Crippen LogP) is 5.18. The quantitative estimate of drug-likeness (QED) is 0.663. The van der Waals surface area contributed by atoms with Crippen molar-refractivity contribution in [1.29, 1.82) is 0 Å². The lowest BCUT2D eigenvalue weighted by atomic mass is 9.87. The molecule has 2 aromatic carbocycles. The highest BCUT2D eigenvalue weighted by molar-refractivity contribution is 5.94. The normalized spacial score (nSPS) is 15.5. The molecule has 0 aliphatic carbocycles. The van der Waals surface area contributed by atoms with Gasteiger partial charge in [-0.05, 0) is 75.8 Å². The molecule has 2 aromatic rings. The molecule has 5 heteroatoms. The molecule has 1 fully saturated rings. The van der Waals surface area contributed by atoms with Gasteiger partial charge < -0.3 is 15.0 Å². The van der Waals surface area contributed by atoms with Crippen LogP contribution in [-0.4, -0.2) is 35.6 Å². The topological polar surface area (TPSA) is 58.6 Å². The van der Waals surface area contributed by atoms with Crippen LogP contribution in [0.5, 0.6) is 0 Å². The van der Waals surface area contributed by atoms with Crippen molar-refractivity contribution in [2.24, 2.45) is 5.92 Å². The molecule has 1 N–H and O–H groups in total. The minimum absolute atomic E-state index is 0.103. The van der Waals surface area contributed by atoms with Crippen molar-refractivity contribution in [3.8, 4) is 12.3 Å². The van der Waals surface area contributed by atoms with Crippen LogP contribution >= 0.6 is 0 Å². The predicted molar refractivity (Wildman–Crippen MR) is 126 cm³/mol. The zero-order valence-electron chi connectivity index (χ0n) is 19.1. The molecule has 1 unspecified atom stereocenters. The van der Waals surface area contributed by atoms with Crippen LogP contribution in [0.25, 0.3) is 0 Å². The van der Waals surface area contributed by atoms with Gasteiger partial charge in [0.05, 0.1) is 6.04 Å². The molecule has 0 saturated carbocycles. The minimum atomic E-state index is -0.491. The first-order valence-corrected chi connectivity index (χ1v) is 11.2. The standard InChI is InChI=1S/C27H32N2O3/c1-5-20-11-13-23(14-12-20)25(30)28-24(22-9-7-6-8-10-22)19-21-15-17-29(18-16-21)26(31)32-27(2,3)4/h1,6-14,21,24H,15-19H2,2-4H3,(H,28,30). The largest absolute Gasteiger partial charge is 0.444 e. The van der Waals surface area contributed by atoms with Crippen molar-refractivity contribution < 1.29 is 14.3 Å². The average Bonchev–Trinajstić information content (AvgIpc) is 2.78. The van der Waals surface area contributed by atoms with Crippen LogP contribution in [0.1, 0.15) is 67.6 Å². The number of amides is 2. The summed E-state index contributed by atoms with van der Waals surface area (Å²) in [5, 5.41) is 3.20. The van der Waals surface area contributed by atoms with Gasteiger partial charge in [-0.3, -0.25) is 4.79 Å². The second-order valence-electron chi connectivity index (χ2n) is 9.30. The Morgan fingerprint density at radius 2 is 1.72 bits per heavy atom. The molecule has 1 heterocycles. The first-order valence-electron chi connectivity index (χ1n) is 11.2. The lowest BCUT2D eigenvalue weighted by Gasteiger charge is -2.35. The Bertz CT molecular complexity index is 947. The molecule has 168 valence electrons. The summed E-state index contributed by atoms with van der Waals surface area (Å²) in [6.45, 7) is 6.98. The van der Waals surface area contributed by atoms with Crippen molar-refractivity contribution in [3.05, 3.63) is 71.3 Å². The Morgan fingerprint density at radius 1 is 1.09 bits per heavy atom. The van der Waals surface area contributed by atoms with Crippen LogP contribution in [0.15, 0.2) is 54.6 Å². The van der Waals surface area contributed by atoms with E-state index in [1.54, 1.807) is 29.2 Å². The summed E-state index contributed by atoms with van der Waals surface area (Å²) in [6.07, 6.45) is 7.75. The summed E-state index contributed by atoms with van der Waals surface area (Å²) in [7, 11) is 0. The van der Waals surface area contributed by atoms with Gasteiger partial charge in [0.15, 0.2) is 0 Å². The third-order valence-corrected chi connectivity index (χ3v) is 5.66. The fourth-order valence-electron chi connectivity index (χ4n) is 3.93. The number of nitrogens with one attached hydrogen (secondary N) is 1. The van der Waals surface area contributed by atoms with E-state index in [1.807, 2.05) is 51.1 Å². The number of carbonyl (C=O) groups is 2. The van der Waals surface area contributed by atoms with E-state index >= 15 is 0 Å². The maximum absolute atomic E-state index is 12.9. The molecule has 1 saturated heterocycles. The van der Waals surface area contributed by atoms with Crippen molar-refractivity contribution in [2.75, 3.05) is 13.1 Å². The molecule has 32 heavy (non-hydrogen) atoms. The molecule has 1 aliphatic heterocycles. The van der Waals surface area contributed by atoms with E-state index in [9.17, 15) is 9.59 Å². The van der Waals surface area contributed by atoms with Crippen LogP contribution in [0.3, 0.4) is 0 Å². The smallest absolute Gasteiger partial charge is 0.410 e. The molecule has 0 aromatic heterocycles. The molecule has 3 rings (SSSR count). The SMILES string of the molecule is C#Cc1ccc(C(=O)NC(CC2CCN(C(=O)OC(C)(C)C)CC2)c2ccccc2)cc1. The maximum Gasteiger partial charge on any atom is 0.410 e. The van der Waals surface area contributed by atoms with Gasteiger partial charge in [-0.25, -0.2) is 4.79 Å². The van der Waals surface area contributed by atoms with E-state index in [4.69, 9.17) is 11.2 Å². The summed E-state index contributed by atoms with van der Waals surface area (Å²) >= 11 is 0. The summed E-state index contributed by atoms with van der Waals surface area (Å²) in [5.74, 6) is 2.86. The van der Waals surface area contributed by atoms with Gasteiger partial charge in [0.1, 0.15) is 5.60 Å². The Hall–Kier alpha value is -3.26. The summed E-state index contributed by atoms with van der Waals surface area (Å²) in [5.41, 5.74) is 1.92. The van der Waals surface area contributed by atoms with E-state index in [0.29, 0.717) is 24.6 Å². The van der Waals surface area contributed by atoms with Crippen LogP contribution < -0.4 is 5.32 Å². The first kappa shape index (κ1) is 23.4. The van der Waals surface area contributed by atoms with E-state index in [0.717, 1.165) is 30.4 Å². The number of carbonyl (C=O) groups excluding carboxylic acids is 2. The highest BCUT2D eigenvalue weighted by Crippen LogP contribution is 2.29. The lowest BCUT2D eigenvalue weighted by molar-refractivity contribution is 0.0178. The lowest BCUT2D eigenvalue weighted by Crippen LogP contribution is -2.42. The van der Waals surface area contributed by atoms with Crippen molar-refractivity contribution in [3.63, 3.8) is 0 Å². The number of likely N-dealkylation sites (tertiary alicyclic amines) is 1. The maximum atomic E-state index is 12.9. The molecular weight excluding hydrogens is 400 g/mol. The fraction of sp³-hybridized carbons (Fsp3) is 0.407. The number of nitrogens with zero attached hydrogens (tertiary/aromatic N) is 1. The van der Waals surface area contributed by atoms with Crippen molar-refractivity contribution >= 4 is 12.0 Å². The Kier molecular flexibility index (Phi) is 7.58. The molecule has 5 nitrogen and oxygen atoms in total. The molecule has 1 atom stereocenters. The van der Waals surface area contributed by atoms with Gasteiger partial charge in [-0.2, -0.15) is 0 Å². The number of benzene rings is 2. The van der Waals surface area contributed by atoms with Gasteiger partial charge >= 0.3 is 6.09 Å². The van der Waals surface area contributed by atoms with Gasteiger partial charge in [0.25, 0.3) is 5.91 Å². The number of terminal acetylenes is 1. The second kappa shape index (κ2) is 10.4. The van der Waals surface area contributed by atoms with Crippen LogP contribution in [0.2, 0.25) is 0 Å². The van der Waals surface area contributed by atoms with E-state index < -0.39 is 5.60 Å². The first-order chi connectivity index (χ1) is 15.2. The van der Waals surface area contributed by atoms with E-state index in [-0.39, 0.29) is 18.0 Å². The number of hydrogen-bond acceptors (Lipinski definition) is 3. The highest BCUT2D eigenvalue weighted by atomic mass is 16.6. The van der Waals surface area contributed by atoms with Crippen LogP contribution in [0, 0.1) is 18.3 Å². The third kappa shape index (κ3) is 6.62. The van der Waals surface area contributed by atoms with Gasteiger partial charge in [0.2, 0.25) is 0 Å². The second-order valence-corrected chi connectivity index (χ2v) is 9.30. The number of rotatable bonds is 5. The summed E-state index contributed by atoms with van der Waals surface area (Å²) in [6, 6.07) is 17.0. The Labute approximate surface area is 191 Å². The average molecular weight is 433 g/mol. The van der Waals surface area contributed by atoms with Crippen LogP contribution in [0.4, 0.5) is 4.79 Å². The molecule has 1 aliphatic rings. The molecule has 2 amide bonds. The van der Waals surface area contributed by atoms with E-state index in [1.165, 1.54) is 0 Å². The van der Waals surface area contributed by atoms with Crippen molar-refractivity contribution in [1.82, 2.24) is 10.2 Å². The monoisotopic (exact) mass is 432 g/mol. The van der Waals surface area contributed by atoms with E-state index in [2.05, 4.69) is 11.2 Å². The third-order valence-electron chi connectivity index (χ3n) is 5.66. The molecule has 0 spiro atoms.